The molecule has 0 aliphatic rings. The first-order chi connectivity index (χ1) is 7.25. The third kappa shape index (κ3) is 2.08. The van der Waals surface area contributed by atoms with Gasteiger partial charge >= 0.3 is 0 Å². The van der Waals surface area contributed by atoms with Gasteiger partial charge in [0.05, 0.1) is 11.9 Å². The van der Waals surface area contributed by atoms with E-state index in [-0.39, 0.29) is 11.3 Å². The number of H-pyrrole nitrogens is 2. The smallest absolute Gasteiger partial charge is 0.276 e. The van der Waals surface area contributed by atoms with Crippen LogP contribution in [-0.2, 0) is 0 Å². The number of nitrogens with one attached hydrogen (secondary N) is 3. The molecule has 0 aliphatic heterocycles. The van der Waals surface area contributed by atoms with Crippen molar-refractivity contribution in [1.82, 2.24) is 20.4 Å². The van der Waals surface area contributed by atoms with Crippen LogP contribution in [0.1, 0.15) is 10.5 Å². The van der Waals surface area contributed by atoms with E-state index in [9.17, 15) is 9.59 Å². The second kappa shape index (κ2) is 3.74. The lowest BCUT2D eigenvalue weighted by Gasteiger charge is -1.99. The van der Waals surface area contributed by atoms with Crippen molar-refractivity contribution >= 4 is 11.6 Å². The topological polar surface area (TPSA) is 104 Å². The van der Waals surface area contributed by atoms with Gasteiger partial charge in [-0.2, -0.15) is 10.2 Å². The third-order valence-electron chi connectivity index (χ3n) is 1.67. The molecule has 0 fully saturated rings. The molecule has 7 heteroatoms. The Morgan fingerprint density at radius 1 is 1.40 bits per heavy atom. The zero-order chi connectivity index (χ0) is 10.7. The molecule has 2 heterocycles. The standard InChI is InChI=1S/C8H7N5O2/c14-7-2-1-6(12-13-7)8(15)11-5-3-9-10-4-5/h1-4H,(H,9,10)(H,11,15)(H,13,14). The highest BCUT2D eigenvalue weighted by Crippen LogP contribution is 2.02. The van der Waals surface area contributed by atoms with Crippen molar-refractivity contribution < 1.29 is 4.79 Å². The molecule has 0 saturated heterocycles. The van der Waals surface area contributed by atoms with E-state index in [1.165, 1.54) is 24.5 Å². The van der Waals surface area contributed by atoms with E-state index in [1.807, 2.05) is 0 Å². The molecule has 0 saturated carbocycles. The Labute approximate surface area is 83.5 Å². The number of carbonyl (C=O) groups excluding carboxylic acids is 1. The quantitative estimate of drug-likeness (QED) is 0.628. The number of carbonyl (C=O) groups is 1. The van der Waals surface area contributed by atoms with E-state index >= 15 is 0 Å². The molecule has 3 N–H and O–H groups in total. The van der Waals surface area contributed by atoms with Gasteiger partial charge < -0.3 is 5.32 Å². The van der Waals surface area contributed by atoms with Crippen LogP contribution in [0.5, 0.6) is 0 Å². The highest BCUT2D eigenvalue weighted by Gasteiger charge is 2.07. The van der Waals surface area contributed by atoms with Crippen LogP contribution in [0.25, 0.3) is 0 Å². The van der Waals surface area contributed by atoms with Crippen LogP contribution < -0.4 is 10.9 Å². The summed E-state index contributed by atoms with van der Waals surface area (Å²) in [5.74, 6) is -0.410. The van der Waals surface area contributed by atoms with Gasteiger partial charge in [0.15, 0.2) is 0 Å². The van der Waals surface area contributed by atoms with E-state index < -0.39 is 5.91 Å². The number of aromatic amines is 2. The molecule has 2 rings (SSSR count). The first kappa shape index (κ1) is 9.13. The minimum absolute atomic E-state index is 0.135. The number of amides is 1. The maximum Gasteiger partial charge on any atom is 0.276 e. The zero-order valence-corrected chi connectivity index (χ0v) is 7.52. The van der Waals surface area contributed by atoms with Gasteiger partial charge in [-0.3, -0.25) is 14.7 Å². The molecule has 7 nitrogen and oxygen atoms in total. The van der Waals surface area contributed by atoms with Crippen molar-refractivity contribution in [3.05, 3.63) is 40.6 Å². The van der Waals surface area contributed by atoms with Gasteiger partial charge in [0.25, 0.3) is 11.5 Å². The summed E-state index contributed by atoms with van der Waals surface area (Å²) in [5, 5.41) is 14.5. The van der Waals surface area contributed by atoms with E-state index in [2.05, 4.69) is 25.7 Å². The second-order valence-corrected chi connectivity index (χ2v) is 2.75. The molecule has 2 aromatic rings. The number of anilines is 1. The van der Waals surface area contributed by atoms with Crippen LogP contribution in [0.3, 0.4) is 0 Å². The van der Waals surface area contributed by atoms with E-state index in [4.69, 9.17) is 0 Å². The van der Waals surface area contributed by atoms with Crippen LogP contribution in [0, 0.1) is 0 Å². The lowest BCUT2D eigenvalue weighted by Crippen LogP contribution is -2.17. The summed E-state index contributed by atoms with van der Waals surface area (Å²) in [4.78, 5) is 22.2. The second-order valence-electron chi connectivity index (χ2n) is 2.75. The summed E-state index contributed by atoms with van der Waals surface area (Å²) in [5.41, 5.74) is 0.318. The van der Waals surface area contributed by atoms with E-state index in [0.29, 0.717) is 5.69 Å². The minimum Gasteiger partial charge on any atom is -0.318 e. The Bertz CT molecular complexity index is 496. The fraction of sp³-hybridized carbons (Fsp3) is 0. The summed E-state index contributed by atoms with van der Waals surface area (Å²) in [6, 6.07) is 2.57. The van der Waals surface area contributed by atoms with Gasteiger partial charge in [0, 0.05) is 12.3 Å². The average molecular weight is 205 g/mol. The average Bonchev–Trinajstić information content (AvgIpc) is 2.71. The largest absolute Gasteiger partial charge is 0.318 e. The highest BCUT2D eigenvalue weighted by atomic mass is 16.2. The van der Waals surface area contributed by atoms with Gasteiger partial charge in [0.2, 0.25) is 0 Å². The Hall–Kier alpha value is -2.44. The maximum absolute atomic E-state index is 11.5. The highest BCUT2D eigenvalue weighted by molar-refractivity contribution is 6.02. The van der Waals surface area contributed by atoms with Gasteiger partial charge in [0.1, 0.15) is 5.69 Å². The molecule has 0 bridgehead atoms. The summed E-state index contributed by atoms with van der Waals surface area (Å²) in [6.07, 6.45) is 2.99. The van der Waals surface area contributed by atoms with Crippen molar-refractivity contribution in [2.45, 2.75) is 0 Å². The fourth-order valence-electron chi connectivity index (χ4n) is 0.985. The monoisotopic (exact) mass is 205 g/mol. The lowest BCUT2D eigenvalue weighted by atomic mass is 10.3. The molecule has 2 aromatic heterocycles. The number of aromatic nitrogens is 4. The SMILES string of the molecule is O=C(Nc1cn[nH]c1)c1ccc(=O)[nH]n1. The first-order valence-corrected chi connectivity index (χ1v) is 4.11. The van der Waals surface area contributed by atoms with Gasteiger partial charge in [-0.05, 0) is 6.07 Å². The Kier molecular flexibility index (Phi) is 2.28. The lowest BCUT2D eigenvalue weighted by molar-refractivity contribution is 0.102. The zero-order valence-electron chi connectivity index (χ0n) is 7.52. The molecule has 0 radical (unpaired) electrons. The number of nitrogens with zero attached hydrogens (tertiary/aromatic N) is 2. The van der Waals surface area contributed by atoms with Crippen molar-refractivity contribution in [2.24, 2.45) is 0 Å². The summed E-state index contributed by atoms with van der Waals surface area (Å²) in [6.45, 7) is 0. The van der Waals surface area contributed by atoms with E-state index in [0.717, 1.165) is 0 Å². The number of hydrogen-bond acceptors (Lipinski definition) is 4. The third-order valence-corrected chi connectivity index (χ3v) is 1.67. The van der Waals surface area contributed by atoms with Crippen LogP contribution >= 0.6 is 0 Å². The normalized spacial score (nSPS) is 9.87. The van der Waals surface area contributed by atoms with Crippen LogP contribution in [0.2, 0.25) is 0 Å². The molecule has 0 atom stereocenters. The molecule has 0 spiro atoms. The van der Waals surface area contributed by atoms with Crippen LogP contribution in [-0.4, -0.2) is 26.3 Å². The molecule has 0 unspecified atom stereocenters. The molecule has 0 aromatic carbocycles. The van der Waals surface area contributed by atoms with Crippen LogP contribution in [0.4, 0.5) is 5.69 Å². The van der Waals surface area contributed by atoms with Gasteiger partial charge in [-0.15, -0.1) is 0 Å². The van der Waals surface area contributed by atoms with Gasteiger partial charge in [-0.1, -0.05) is 0 Å². The predicted octanol–water partition coefficient (Wildman–Crippen LogP) is -0.255. The molecule has 0 aliphatic carbocycles. The van der Waals surface area contributed by atoms with Gasteiger partial charge in [-0.25, -0.2) is 5.10 Å². The summed E-state index contributed by atoms with van der Waals surface area (Å²) in [7, 11) is 0. The van der Waals surface area contributed by atoms with Crippen LogP contribution in [0.15, 0.2) is 29.3 Å². The molecular formula is C8H7N5O2. The maximum atomic E-state index is 11.5. The molecular weight excluding hydrogens is 198 g/mol. The Morgan fingerprint density at radius 2 is 2.27 bits per heavy atom. The fourth-order valence-corrected chi connectivity index (χ4v) is 0.985. The molecule has 15 heavy (non-hydrogen) atoms. The molecule has 76 valence electrons. The first-order valence-electron chi connectivity index (χ1n) is 4.11. The van der Waals surface area contributed by atoms with Crippen molar-refractivity contribution in [3.8, 4) is 0 Å². The minimum atomic E-state index is -0.410. The Balaban J connectivity index is 2.15. The Morgan fingerprint density at radius 3 is 2.87 bits per heavy atom. The number of hydrogen-bond donors (Lipinski definition) is 3. The number of rotatable bonds is 2. The molecule has 1 amide bonds. The van der Waals surface area contributed by atoms with Crippen molar-refractivity contribution in [1.29, 1.82) is 0 Å². The predicted molar refractivity (Wildman–Crippen MR) is 51.4 cm³/mol. The van der Waals surface area contributed by atoms with Crippen molar-refractivity contribution in [2.75, 3.05) is 5.32 Å². The summed E-state index contributed by atoms with van der Waals surface area (Å²) < 4.78 is 0. The van der Waals surface area contributed by atoms with E-state index in [1.54, 1.807) is 0 Å². The summed E-state index contributed by atoms with van der Waals surface area (Å²) >= 11 is 0. The van der Waals surface area contributed by atoms with Crippen molar-refractivity contribution in [3.63, 3.8) is 0 Å².